The summed E-state index contributed by atoms with van der Waals surface area (Å²) >= 11 is 0. The van der Waals surface area contributed by atoms with E-state index < -0.39 is 0 Å². The maximum atomic E-state index is 12.3. The lowest BCUT2D eigenvalue weighted by Crippen LogP contribution is -2.52. The minimum absolute atomic E-state index is 0.0290. The molecule has 1 fully saturated rings. The molecule has 3 rings (SSSR count). The number of hydrogen-bond acceptors (Lipinski definition) is 3. The molecule has 0 unspecified atom stereocenters. The molecular weight excluding hydrogens is 318 g/mol. The van der Waals surface area contributed by atoms with Crippen molar-refractivity contribution >= 4 is 11.8 Å². The van der Waals surface area contributed by atoms with Gasteiger partial charge >= 0.3 is 0 Å². The molecular formula is C19H23N3O3. The maximum absolute atomic E-state index is 12.3. The quantitative estimate of drug-likeness (QED) is 0.899. The lowest BCUT2D eigenvalue weighted by Gasteiger charge is -2.34. The van der Waals surface area contributed by atoms with Crippen molar-refractivity contribution in [2.24, 2.45) is 0 Å². The van der Waals surface area contributed by atoms with Crippen LogP contribution in [-0.2, 0) is 16.0 Å². The summed E-state index contributed by atoms with van der Waals surface area (Å²) < 4.78 is 5.62. The van der Waals surface area contributed by atoms with E-state index in [9.17, 15) is 9.59 Å². The molecule has 1 aliphatic heterocycles. The number of para-hydroxylation sites is 1. The monoisotopic (exact) mass is 341 g/mol. The van der Waals surface area contributed by atoms with E-state index in [-0.39, 0.29) is 18.4 Å². The van der Waals surface area contributed by atoms with Crippen molar-refractivity contribution < 1.29 is 14.3 Å². The Bertz CT molecular complexity index is 719. The second kappa shape index (κ2) is 7.88. The number of benzene rings is 1. The molecule has 132 valence electrons. The van der Waals surface area contributed by atoms with Gasteiger partial charge in [0.1, 0.15) is 5.75 Å². The first-order chi connectivity index (χ1) is 12.1. The average molecular weight is 341 g/mol. The first kappa shape index (κ1) is 17.1. The van der Waals surface area contributed by atoms with Gasteiger partial charge in [0.15, 0.2) is 6.61 Å². The largest absolute Gasteiger partial charge is 0.484 e. The van der Waals surface area contributed by atoms with Crippen molar-refractivity contribution in [3.05, 3.63) is 53.9 Å². The number of nitrogens with one attached hydrogen (secondary N) is 1. The highest BCUT2D eigenvalue weighted by Crippen LogP contribution is 2.16. The van der Waals surface area contributed by atoms with Crippen molar-refractivity contribution in [3.63, 3.8) is 0 Å². The number of rotatable bonds is 5. The maximum Gasteiger partial charge on any atom is 0.260 e. The summed E-state index contributed by atoms with van der Waals surface area (Å²) in [5.74, 6) is 0.779. The minimum atomic E-state index is -0.0419. The number of aromatic amines is 1. The number of H-pyrrole nitrogens is 1. The summed E-state index contributed by atoms with van der Waals surface area (Å²) in [6, 6.07) is 11.4. The first-order valence-corrected chi connectivity index (χ1v) is 8.50. The number of nitrogens with zero attached hydrogens (tertiary/aromatic N) is 2. The molecule has 25 heavy (non-hydrogen) atoms. The third-order valence-electron chi connectivity index (χ3n) is 4.43. The van der Waals surface area contributed by atoms with Crippen LogP contribution in [0.1, 0.15) is 11.3 Å². The molecule has 1 aliphatic rings. The van der Waals surface area contributed by atoms with Crippen LogP contribution in [0.4, 0.5) is 0 Å². The SMILES string of the molecule is Cc1ccccc1OCC(=O)N1CCN(C(=O)Cc2ccc[nH]2)CC1. The highest BCUT2D eigenvalue weighted by molar-refractivity contribution is 5.80. The van der Waals surface area contributed by atoms with Crippen LogP contribution < -0.4 is 4.74 Å². The number of ether oxygens (including phenoxy) is 1. The summed E-state index contributed by atoms with van der Waals surface area (Å²) in [5, 5.41) is 0. The third kappa shape index (κ3) is 4.41. The second-order valence-electron chi connectivity index (χ2n) is 6.19. The Kier molecular flexibility index (Phi) is 5.38. The Hall–Kier alpha value is -2.76. The van der Waals surface area contributed by atoms with Crippen LogP contribution in [0.25, 0.3) is 0 Å². The lowest BCUT2D eigenvalue weighted by molar-refractivity contribution is -0.140. The summed E-state index contributed by atoms with van der Waals surface area (Å²) in [5.41, 5.74) is 1.92. The predicted molar refractivity (Wildman–Crippen MR) is 94.3 cm³/mol. The molecule has 0 aliphatic carbocycles. The molecule has 0 bridgehead atoms. The fourth-order valence-electron chi connectivity index (χ4n) is 2.91. The third-order valence-corrected chi connectivity index (χ3v) is 4.43. The Morgan fingerprint density at radius 3 is 2.32 bits per heavy atom. The van der Waals surface area contributed by atoms with Gasteiger partial charge in [0.2, 0.25) is 5.91 Å². The van der Waals surface area contributed by atoms with Gasteiger partial charge in [-0.05, 0) is 30.7 Å². The summed E-state index contributed by atoms with van der Waals surface area (Å²) in [7, 11) is 0. The number of carbonyl (C=O) groups excluding carboxylic acids is 2. The van der Waals surface area contributed by atoms with Gasteiger partial charge in [-0.15, -0.1) is 0 Å². The van der Waals surface area contributed by atoms with Crippen LogP contribution in [0.3, 0.4) is 0 Å². The van der Waals surface area contributed by atoms with E-state index >= 15 is 0 Å². The van der Waals surface area contributed by atoms with Gasteiger partial charge in [-0.1, -0.05) is 18.2 Å². The predicted octanol–water partition coefficient (Wildman–Crippen LogP) is 1.62. The molecule has 2 heterocycles. The highest BCUT2D eigenvalue weighted by atomic mass is 16.5. The fourth-order valence-corrected chi connectivity index (χ4v) is 2.91. The van der Waals surface area contributed by atoms with Crippen LogP contribution in [0.5, 0.6) is 5.75 Å². The van der Waals surface area contributed by atoms with Crippen LogP contribution in [0, 0.1) is 6.92 Å². The number of piperazine rings is 1. The molecule has 2 amide bonds. The van der Waals surface area contributed by atoms with Gasteiger partial charge < -0.3 is 19.5 Å². The van der Waals surface area contributed by atoms with E-state index in [2.05, 4.69) is 4.98 Å². The molecule has 0 spiro atoms. The van der Waals surface area contributed by atoms with Crippen LogP contribution in [0.15, 0.2) is 42.6 Å². The highest BCUT2D eigenvalue weighted by Gasteiger charge is 2.24. The zero-order valence-electron chi connectivity index (χ0n) is 14.4. The van der Waals surface area contributed by atoms with Crippen LogP contribution in [-0.4, -0.2) is 59.4 Å². The second-order valence-corrected chi connectivity index (χ2v) is 6.19. The van der Waals surface area contributed by atoms with Crippen molar-refractivity contribution in [2.75, 3.05) is 32.8 Å². The zero-order valence-corrected chi connectivity index (χ0v) is 14.4. The van der Waals surface area contributed by atoms with Gasteiger partial charge in [0.05, 0.1) is 6.42 Å². The smallest absolute Gasteiger partial charge is 0.260 e. The number of carbonyl (C=O) groups is 2. The Morgan fingerprint density at radius 1 is 1.00 bits per heavy atom. The van der Waals surface area contributed by atoms with Crippen molar-refractivity contribution in [1.29, 1.82) is 0 Å². The summed E-state index contributed by atoms with van der Waals surface area (Å²) in [6.45, 7) is 4.21. The molecule has 1 aromatic heterocycles. The van der Waals surface area contributed by atoms with Crippen LogP contribution >= 0.6 is 0 Å². The molecule has 2 aromatic rings. The summed E-state index contributed by atoms with van der Waals surface area (Å²) in [6.07, 6.45) is 2.19. The Morgan fingerprint density at radius 2 is 1.68 bits per heavy atom. The topological polar surface area (TPSA) is 65.6 Å². The molecule has 0 saturated carbocycles. The van der Waals surface area contributed by atoms with E-state index in [1.54, 1.807) is 4.90 Å². The van der Waals surface area contributed by atoms with Crippen LogP contribution in [0.2, 0.25) is 0 Å². The molecule has 6 nitrogen and oxygen atoms in total. The molecule has 1 N–H and O–H groups in total. The van der Waals surface area contributed by atoms with E-state index in [0.29, 0.717) is 32.6 Å². The number of hydrogen-bond donors (Lipinski definition) is 1. The van der Waals surface area contributed by atoms with Crippen molar-refractivity contribution in [2.45, 2.75) is 13.3 Å². The Balaban J connectivity index is 1.44. The number of amides is 2. The standard InChI is InChI=1S/C19H23N3O3/c1-15-5-2-3-7-17(15)25-14-19(24)22-11-9-21(10-12-22)18(23)13-16-6-4-8-20-16/h2-8,20H,9-14H2,1H3. The van der Waals surface area contributed by atoms with E-state index in [1.165, 1.54) is 0 Å². The zero-order chi connectivity index (χ0) is 17.6. The molecule has 0 atom stereocenters. The van der Waals surface area contributed by atoms with Gasteiger partial charge in [0, 0.05) is 38.1 Å². The minimum Gasteiger partial charge on any atom is -0.484 e. The van der Waals surface area contributed by atoms with Gasteiger partial charge in [0.25, 0.3) is 5.91 Å². The lowest BCUT2D eigenvalue weighted by atomic mass is 10.2. The van der Waals surface area contributed by atoms with Crippen molar-refractivity contribution in [3.8, 4) is 5.75 Å². The van der Waals surface area contributed by atoms with Crippen molar-refractivity contribution in [1.82, 2.24) is 14.8 Å². The fraction of sp³-hybridized carbons (Fsp3) is 0.368. The van der Waals surface area contributed by atoms with E-state index in [0.717, 1.165) is 17.0 Å². The van der Waals surface area contributed by atoms with E-state index in [1.807, 2.05) is 54.4 Å². The molecule has 1 saturated heterocycles. The molecule has 6 heteroatoms. The van der Waals surface area contributed by atoms with Gasteiger partial charge in [-0.3, -0.25) is 9.59 Å². The van der Waals surface area contributed by atoms with Gasteiger partial charge in [-0.25, -0.2) is 0 Å². The average Bonchev–Trinajstić information content (AvgIpc) is 3.14. The number of aromatic nitrogens is 1. The number of aryl methyl sites for hydroxylation is 1. The molecule has 0 radical (unpaired) electrons. The molecule has 1 aromatic carbocycles. The summed E-state index contributed by atoms with van der Waals surface area (Å²) in [4.78, 5) is 31.2. The first-order valence-electron chi connectivity index (χ1n) is 8.50. The Labute approximate surface area is 147 Å². The van der Waals surface area contributed by atoms with E-state index in [4.69, 9.17) is 4.74 Å². The van der Waals surface area contributed by atoms with Gasteiger partial charge in [-0.2, -0.15) is 0 Å². The normalized spacial score (nSPS) is 14.4.